The fraction of sp³-hybridized carbons (Fsp3) is 0.538. The van der Waals surface area contributed by atoms with Crippen LogP contribution < -0.4 is 10.5 Å². The van der Waals surface area contributed by atoms with E-state index in [2.05, 4.69) is 11.9 Å². The molecule has 0 saturated carbocycles. The molecule has 17 heavy (non-hydrogen) atoms. The monoisotopic (exact) mass is 254 g/mol. The van der Waals surface area contributed by atoms with Crippen molar-refractivity contribution in [3.63, 3.8) is 0 Å². The summed E-state index contributed by atoms with van der Waals surface area (Å²) in [5, 5.41) is 0.588. The van der Waals surface area contributed by atoms with Crippen molar-refractivity contribution in [2.45, 2.75) is 25.3 Å². The Morgan fingerprint density at radius 3 is 3.00 bits per heavy atom. The van der Waals surface area contributed by atoms with Gasteiger partial charge in [0.2, 0.25) is 0 Å². The lowest BCUT2D eigenvalue weighted by molar-refractivity contribution is 0.233. The Bertz CT molecular complexity index is 384. The van der Waals surface area contributed by atoms with Gasteiger partial charge in [-0.1, -0.05) is 11.6 Å². The van der Waals surface area contributed by atoms with E-state index in [4.69, 9.17) is 22.1 Å². The van der Waals surface area contributed by atoms with E-state index in [-0.39, 0.29) is 0 Å². The van der Waals surface area contributed by atoms with Crippen LogP contribution in [0.25, 0.3) is 0 Å². The maximum Gasteiger partial charge on any atom is 0.138 e. The lowest BCUT2D eigenvalue weighted by Gasteiger charge is -2.19. The number of nitrogens with zero attached hydrogens (tertiary/aromatic N) is 1. The molecule has 1 atom stereocenters. The van der Waals surface area contributed by atoms with E-state index in [0.717, 1.165) is 12.2 Å². The number of hydrogen-bond acceptors (Lipinski definition) is 3. The van der Waals surface area contributed by atoms with Gasteiger partial charge in [0.15, 0.2) is 0 Å². The average Bonchev–Trinajstić information content (AvgIpc) is 2.68. The summed E-state index contributed by atoms with van der Waals surface area (Å²) in [6.07, 6.45) is 3.62. The molecule has 1 aliphatic heterocycles. The van der Waals surface area contributed by atoms with Crippen LogP contribution in [-0.2, 0) is 0 Å². The summed E-state index contributed by atoms with van der Waals surface area (Å²) in [6, 6.07) is 6.01. The lowest BCUT2D eigenvalue weighted by Crippen LogP contribution is -2.26. The molecule has 0 amide bonds. The molecule has 0 spiro atoms. The molecule has 1 unspecified atom stereocenters. The van der Waals surface area contributed by atoms with Crippen molar-refractivity contribution in [3.8, 4) is 5.75 Å². The third kappa shape index (κ3) is 3.27. The van der Waals surface area contributed by atoms with Crippen LogP contribution >= 0.6 is 11.6 Å². The van der Waals surface area contributed by atoms with Crippen LogP contribution in [0.3, 0.4) is 0 Å². The van der Waals surface area contributed by atoms with Crippen molar-refractivity contribution < 1.29 is 4.74 Å². The van der Waals surface area contributed by atoms with Crippen molar-refractivity contribution >= 4 is 17.3 Å². The number of ether oxygens (including phenoxy) is 1. The van der Waals surface area contributed by atoms with Crippen LogP contribution in [0.2, 0.25) is 5.02 Å². The maximum absolute atomic E-state index is 6.04. The Morgan fingerprint density at radius 2 is 2.35 bits per heavy atom. The standard InChI is InChI=1S/C13H19ClN2O/c1-16-7-2-3-11(16)6-8-17-13-5-4-10(15)9-12(13)14/h4-5,9,11H,2-3,6-8,15H2,1H3. The minimum absolute atomic E-state index is 0.588. The van der Waals surface area contributed by atoms with Gasteiger partial charge in [0.25, 0.3) is 0 Å². The van der Waals surface area contributed by atoms with Crippen molar-refractivity contribution in [2.24, 2.45) is 0 Å². The molecule has 1 saturated heterocycles. The fourth-order valence-electron chi connectivity index (χ4n) is 2.28. The van der Waals surface area contributed by atoms with Gasteiger partial charge in [-0.25, -0.2) is 0 Å². The van der Waals surface area contributed by atoms with Crippen LogP contribution in [0.5, 0.6) is 5.75 Å². The zero-order valence-corrected chi connectivity index (χ0v) is 10.9. The summed E-state index contributed by atoms with van der Waals surface area (Å²) in [5.74, 6) is 0.724. The van der Waals surface area contributed by atoms with Crippen LogP contribution in [0.1, 0.15) is 19.3 Å². The van der Waals surface area contributed by atoms with Crippen molar-refractivity contribution in [2.75, 3.05) is 25.9 Å². The lowest BCUT2D eigenvalue weighted by atomic mass is 10.1. The van der Waals surface area contributed by atoms with E-state index in [9.17, 15) is 0 Å². The molecule has 0 bridgehead atoms. The highest BCUT2D eigenvalue weighted by atomic mass is 35.5. The Morgan fingerprint density at radius 1 is 1.53 bits per heavy atom. The molecule has 3 nitrogen and oxygen atoms in total. The summed E-state index contributed by atoms with van der Waals surface area (Å²) >= 11 is 6.04. The first-order chi connectivity index (χ1) is 8.16. The van der Waals surface area contributed by atoms with E-state index < -0.39 is 0 Å². The summed E-state index contributed by atoms with van der Waals surface area (Å²) in [7, 11) is 2.17. The van der Waals surface area contributed by atoms with Crippen LogP contribution in [-0.4, -0.2) is 31.1 Å². The molecule has 1 aromatic carbocycles. The molecule has 94 valence electrons. The molecule has 1 heterocycles. The van der Waals surface area contributed by atoms with E-state index >= 15 is 0 Å². The van der Waals surface area contributed by atoms with E-state index in [0.29, 0.717) is 23.4 Å². The molecule has 0 radical (unpaired) electrons. The summed E-state index contributed by atoms with van der Waals surface area (Å²) in [4.78, 5) is 2.40. The highest BCUT2D eigenvalue weighted by Gasteiger charge is 2.20. The van der Waals surface area contributed by atoms with Gasteiger partial charge < -0.3 is 15.4 Å². The number of nitrogens with two attached hydrogens (primary N) is 1. The Hall–Kier alpha value is -0.930. The van der Waals surface area contributed by atoms with E-state index in [1.807, 2.05) is 12.1 Å². The van der Waals surface area contributed by atoms with Crippen molar-refractivity contribution in [3.05, 3.63) is 23.2 Å². The van der Waals surface area contributed by atoms with Gasteiger partial charge in [0.1, 0.15) is 5.75 Å². The topological polar surface area (TPSA) is 38.5 Å². The van der Waals surface area contributed by atoms with E-state index in [1.165, 1.54) is 19.4 Å². The molecule has 2 N–H and O–H groups in total. The first-order valence-corrected chi connectivity index (χ1v) is 6.42. The van der Waals surface area contributed by atoms with Crippen molar-refractivity contribution in [1.82, 2.24) is 4.90 Å². The number of halogens is 1. The Kier molecular flexibility index (Phi) is 4.13. The van der Waals surface area contributed by atoms with Crippen molar-refractivity contribution in [1.29, 1.82) is 0 Å². The Balaban J connectivity index is 1.81. The zero-order valence-electron chi connectivity index (χ0n) is 10.2. The number of likely N-dealkylation sites (tertiary alicyclic amines) is 1. The average molecular weight is 255 g/mol. The van der Waals surface area contributed by atoms with Gasteiger partial charge >= 0.3 is 0 Å². The highest BCUT2D eigenvalue weighted by Crippen LogP contribution is 2.27. The predicted molar refractivity (Wildman–Crippen MR) is 71.6 cm³/mol. The normalized spacial score (nSPS) is 20.7. The second-order valence-corrected chi connectivity index (χ2v) is 5.01. The summed E-state index contributed by atoms with van der Waals surface area (Å²) in [6.45, 7) is 1.91. The third-order valence-corrected chi connectivity index (χ3v) is 3.63. The predicted octanol–water partition coefficient (Wildman–Crippen LogP) is 2.79. The maximum atomic E-state index is 6.04. The first-order valence-electron chi connectivity index (χ1n) is 6.05. The van der Waals surface area contributed by atoms with E-state index in [1.54, 1.807) is 6.07 Å². The van der Waals surface area contributed by atoms with Gasteiger partial charge in [-0.3, -0.25) is 0 Å². The number of nitrogen functional groups attached to an aromatic ring is 1. The van der Waals surface area contributed by atoms with Crippen LogP contribution in [0, 0.1) is 0 Å². The molecule has 2 rings (SSSR count). The summed E-state index contributed by atoms with van der Waals surface area (Å²) < 4.78 is 5.69. The first kappa shape index (κ1) is 12.5. The minimum atomic E-state index is 0.588. The molecule has 1 aliphatic rings. The number of benzene rings is 1. The Labute approximate surface area is 107 Å². The number of anilines is 1. The van der Waals surface area contributed by atoms with Crippen LogP contribution in [0.15, 0.2) is 18.2 Å². The third-order valence-electron chi connectivity index (χ3n) is 3.34. The molecule has 4 heteroatoms. The van der Waals surface area contributed by atoms with Gasteiger partial charge in [-0.15, -0.1) is 0 Å². The second kappa shape index (κ2) is 5.61. The largest absolute Gasteiger partial charge is 0.492 e. The fourth-order valence-corrected chi connectivity index (χ4v) is 2.53. The zero-order chi connectivity index (χ0) is 12.3. The quantitative estimate of drug-likeness (QED) is 0.840. The second-order valence-electron chi connectivity index (χ2n) is 4.60. The van der Waals surface area contributed by atoms with Gasteiger partial charge in [0.05, 0.1) is 11.6 Å². The van der Waals surface area contributed by atoms with Gasteiger partial charge in [-0.05, 0) is 51.1 Å². The molecular weight excluding hydrogens is 236 g/mol. The molecule has 1 aromatic rings. The molecule has 0 aliphatic carbocycles. The number of hydrogen-bond donors (Lipinski definition) is 1. The summed E-state index contributed by atoms with van der Waals surface area (Å²) in [5.41, 5.74) is 6.29. The molecule has 1 fully saturated rings. The van der Waals surface area contributed by atoms with Crippen LogP contribution in [0.4, 0.5) is 5.69 Å². The van der Waals surface area contributed by atoms with Gasteiger partial charge in [0, 0.05) is 11.7 Å². The molecule has 0 aromatic heterocycles. The number of rotatable bonds is 4. The molecular formula is C13H19ClN2O. The highest BCUT2D eigenvalue weighted by molar-refractivity contribution is 6.32. The smallest absolute Gasteiger partial charge is 0.138 e. The SMILES string of the molecule is CN1CCCC1CCOc1ccc(N)cc1Cl. The van der Waals surface area contributed by atoms with Gasteiger partial charge in [-0.2, -0.15) is 0 Å². The minimum Gasteiger partial charge on any atom is -0.492 e.